The molecule has 96 valence electrons. The molecule has 6 heteroatoms. The third-order valence-corrected chi connectivity index (χ3v) is 2.89. The number of aliphatic hydroxyl groups is 1. The number of rotatable bonds is 3. The third kappa shape index (κ3) is 3.18. The minimum absolute atomic E-state index is 0.331. The van der Waals surface area contributed by atoms with Gasteiger partial charge in [-0.15, -0.1) is 0 Å². The van der Waals surface area contributed by atoms with Crippen molar-refractivity contribution in [2.24, 2.45) is 0 Å². The fourth-order valence-corrected chi connectivity index (χ4v) is 1.80. The number of hydrogen-bond acceptors (Lipinski definition) is 4. The molecule has 1 atom stereocenters. The molecule has 1 aliphatic rings. The fourth-order valence-electron chi connectivity index (χ4n) is 1.63. The Kier molecular flexibility index (Phi) is 4.11. The van der Waals surface area contributed by atoms with Gasteiger partial charge in [0.15, 0.2) is 11.2 Å². The monoisotopic (exact) mass is 266 g/mol. The highest BCUT2D eigenvalue weighted by atomic mass is 32.1. The van der Waals surface area contributed by atoms with Gasteiger partial charge in [-0.25, -0.2) is 4.79 Å². The maximum Gasteiger partial charge on any atom is 0.340 e. The Hall–Kier alpha value is -1.66. The van der Waals surface area contributed by atoms with Crippen molar-refractivity contribution >= 4 is 23.3 Å². The molecule has 2 rings (SSSR count). The van der Waals surface area contributed by atoms with Crippen LogP contribution in [0.3, 0.4) is 0 Å². The molecule has 3 N–H and O–H groups in total. The van der Waals surface area contributed by atoms with E-state index in [2.05, 4.69) is 10.6 Å². The first-order chi connectivity index (χ1) is 8.66. The summed E-state index contributed by atoms with van der Waals surface area (Å²) < 4.78 is 5.18. The van der Waals surface area contributed by atoms with Crippen molar-refractivity contribution in [2.45, 2.75) is 12.2 Å². The first-order valence-corrected chi connectivity index (χ1v) is 6.03. The van der Waals surface area contributed by atoms with E-state index in [4.69, 9.17) is 17.0 Å². The summed E-state index contributed by atoms with van der Waals surface area (Å²) in [7, 11) is 0. The van der Waals surface area contributed by atoms with Crippen molar-refractivity contribution < 1.29 is 14.6 Å². The lowest BCUT2D eigenvalue weighted by atomic mass is 10.1. The second-order valence-electron chi connectivity index (χ2n) is 3.96. The van der Waals surface area contributed by atoms with Crippen LogP contribution in [-0.2, 0) is 9.53 Å². The van der Waals surface area contributed by atoms with E-state index in [0.29, 0.717) is 23.8 Å². The van der Waals surface area contributed by atoms with Crippen molar-refractivity contribution in [1.29, 1.82) is 0 Å². The SMILES string of the molecule is O=C(OC1CNC(=S)NC1)C(O)c1ccccc1. The van der Waals surface area contributed by atoms with Gasteiger partial charge in [0, 0.05) is 0 Å². The number of esters is 1. The number of nitrogens with one attached hydrogen (secondary N) is 2. The highest BCUT2D eigenvalue weighted by Crippen LogP contribution is 2.14. The highest BCUT2D eigenvalue weighted by molar-refractivity contribution is 7.80. The van der Waals surface area contributed by atoms with Crippen LogP contribution in [0.15, 0.2) is 30.3 Å². The zero-order chi connectivity index (χ0) is 13.0. The molecule has 5 nitrogen and oxygen atoms in total. The van der Waals surface area contributed by atoms with E-state index >= 15 is 0 Å². The predicted octanol–water partition coefficient (Wildman–Crippen LogP) is 0.109. The summed E-state index contributed by atoms with van der Waals surface area (Å²) in [6, 6.07) is 8.69. The summed E-state index contributed by atoms with van der Waals surface area (Å²) in [5, 5.41) is 16.1. The van der Waals surface area contributed by atoms with E-state index in [0.717, 1.165) is 0 Å². The topological polar surface area (TPSA) is 70.6 Å². The van der Waals surface area contributed by atoms with E-state index in [9.17, 15) is 9.90 Å². The lowest BCUT2D eigenvalue weighted by molar-refractivity contribution is -0.159. The molecule has 0 aromatic heterocycles. The molecule has 0 amide bonds. The van der Waals surface area contributed by atoms with Crippen LogP contribution in [0.2, 0.25) is 0 Å². The maximum atomic E-state index is 11.7. The zero-order valence-corrected chi connectivity index (χ0v) is 10.4. The third-order valence-electron chi connectivity index (χ3n) is 2.60. The van der Waals surface area contributed by atoms with Crippen molar-refractivity contribution in [3.8, 4) is 0 Å². The molecule has 1 aromatic rings. The van der Waals surface area contributed by atoms with Gasteiger partial charge in [0.2, 0.25) is 0 Å². The molecule has 1 aromatic carbocycles. The minimum atomic E-state index is -1.25. The molecule has 0 radical (unpaired) electrons. The van der Waals surface area contributed by atoms with E-state index in [1.165, 1.54) is 0 Å². The number of ether oxygens (including phenoxy) is 1. The zero-order valence-electron chi connectivity index (χ0n) is 9.63. The standard InChI is InChI=1S/C12H14N2O3S/c15-10(8-4-2-1-3-5-8)11(16)17-9-6-13-12(18)14-7-9/h1-5,9-10,15H,6-7H2,(H2,13,14,18). The first-order valence-electron chi connectivity index (χ1n) is 5.62. The number of hydrogen-bond donors (Lipinski definition) is 3. The van der Waals surface area contributed by atoms with Crippen molar-refractivity contribution in [3.63, 3.8) is 0 Å². The van der Waals surface area contributed by atoms with Gasteiger partial charge < -0.3 is 20.5 Å². The lowest BCUT2D eigenvalue weighted by Gasteiger charge is -2.26. The molecule has 1 saturated heterocycles. The smallest absolute Gasteiger partial charge is 0.340 e. The Morgan fingerprint density at radius 2 is 1.94 bits per heavy atom. The van der Waals surface area contributed by atoms with Crippen molar-refractivity contribution in [3.05, 3.63) is 35.9 Å². The Bertz CT molecular complexity index is 428. The largest absolute Gasteiger partial charge is 0.456 e. The second-order valence-corrected chi connectivity index (χ2v) is 4.37. The summed E-state index contributed by atoms with van der Waals surface area (Å²) in [6.45, 7) is 0.915. The van der Waals surface area contributed by atoms with Gasteiger partial charge in [-0.05, 0) is 17.8 Å². The lowest BCUT2D eigenvalue weighted by Crippen LogP contribution is -2.52. The molecule has 1 heterocycles. The minimum Gasteiger partial charge on any atom is -0.456 e. The summed E-state index contributed by atoms with van der Waals surface area (Å²) in [6.07, 6.45) is -1.58. The van der Waals surface area contributed by atoms with Gasteiger partial charge in [-0.1, -0.05) is 30.3 Å². The van der Waals surface area contributed by atoms with Gasteiger partial charge in [-0.3, -0.25) is 0 Å². The Balaban J connectivity index is 1.90. The molecular formula is C12H14N2O3S. The number of thiocarbonyl (C=S) groups is 1. The summed E-state index contributed by atoms with van der Waals surface area (Å²) in [5.41, 5.74) is 0.523. The highest BCUT2D eigenvalue weighted by Gasteiger charge is 2.24. The quantitative estimate of drug-likeness (QED) is 0.533. The first kappa shape index (κ1) is 12.8. The van der Waals surface area contributed by atoms with Crippen molar-refractivity contribution in [2.75, 3.05) is 13.1 Å². The average Bonchev–Trinajstić information content (AvgIpc) is 2.41. The van der Waals surface area contributed by atoms with Gasteiger partial charge >= 0.3 is 5.97 Å². The molecule has 0 aliphatic carbocycles. The fraction of sp³-hybridized carbons (Fsp3) is 0.333. The van der Waals surface area contributed by atoms with Gasteiger partial charge in [0.05, 0.1) is 13.1 Å². The van der Waals surface area contributed by atoms with Gasteiger partial charge in [0.25, 0.3) is 0 Å². The normalized spacial score (nSPS) is 17.5. The van der Waals surface area contributed by atoms with Gasteiger partial charge in [0.1, 0.15) is 6.10 Å². The molecule has 0 saturated carbocycles. The van der Waals surface area contributed by atoms with Crippen LogP contribution in [0.25, 0.3) is 0 Å². The number of benzene rings is 1. The molecular weight excluding hydrogens is 252 g/mol. The summed E-state index contributed by atoms with van der Waals surface area (Å²) >= 11 is 4.89. The number of carbonyl (C=O) groups is 1. The maximum absolute atomic E-state index is 11.7. The average molecular weight is 266 g/mol. The van der Waals surface area contributed by atoms with Crippen LogP contribution >= 0.6 is 12.2 Å². The number of aliphatic hydroxyl groups excluding tert-OH is 1. The molecule has 1 unspecified atom stereocenters. The Morgan fingerprint density at radius 1 is 1.33 bits per heavy atom. The summed E-state index contributed by atoms with van der Waals surface area (Å²) in [4.78, 5) is 11.7. The van der Waals surface area contributed by atoms with E-state index in [-0.39, 0.29) is 6.10 Å². The molecule has 1 aliphatic heterocycles. The van der Waals surface area contributed by atoms with E-state index in [1.807, 2.05) is 6.07 Å². The molecule has 18 heavy (non-hydrogen) atoms. The van der Waals surface area contributed by atoms with Crippen LogP contribution < -0.4 is 10.6 Å². The van der Waals surface area contributed by atoms with Crippen LogP contribution in [0.4, 0.5) is 0 Å². The van der Waals surface area contributed by atoms with Gasteiger partial charge in [-0.2, -0.15) is 0 Å². The molecule has 0 bridgehead atoms. The van der Waals surface area contributed by atoms with Crippen LogP contribution in [0.5, 0.6) is 0 Å². The van der Waals surface area contributed by atoms with Crippen LogP contribution in [0, 0.1) is 0 Å². The molecule has 0 spiro atoms. The Labute approximate surface area is 110 Å². The van der Waals surface area contributed by atoms with Crippen LogP contribution in [-0.4, -0.2) is 35.4 Å². The van der Waals surface area contributed by atoms with Crippen LogP contribution in [0.1, 0.15) is 11.7 Å². The Morgan fingerprint density at radius 3 is 2.56 bits per heavy atom. The molecule has 1 fully saturated rings. The number of carbonyl (C=O) groups excluding carboxylic acids is 1. The van der Waals surface area contributed by atoms with E-state index < -0.39 is 12.1 Å². The second kappa shape index (κ2) is 5.79. The predicted molar refractivity (Wildman–Crippen MR) is 69.9 cm³/mol. The van der Waals surface area contributed by atoms with E-state index in [1.54, 1.807) is 24.3 Å². The summed E-state index contributed by atoms with van der Waals surface area (Å²) in [5.74, 6) is -0.650. The van der Waals surface area contributed by atoms with Crippen molar-refractivity contribution in [1.82, 2.24) is 10.6 Å².